The number of unbranched alkanes of at least 4 members (excludes halogenated alkanes) is 43. The maximum atomic E-state index is 13.0. The van der Waals surface area contributed by atoms with E-state index in [0.29, 0.717) is 23.9 Å². The highest BCUT2D eigenvalue weighted by Crippen LogP contribution is 2.38. The molecule has 8 nitrogen and oxygen atoms in total. The fourth-order valence-electron chi connectivity index (χ4n) is 9.40. The molecule has 0 aromatic carbocycles. The first-order valence-electron chi connectivity index (χ1n) is 29.9. The van der Waals surface area contributed by atoms with Gasteiger partial charge in [-0.25, -0.2) is 0 Å². The van der Waals surface area contributed by atoms with Gasteiger partial charge in [-0.2, -0.15) is 0 Å². The summed E-state index contributed by atoms with van der Waals surface area (Å²) >= 11 is 0. The molecule has 0 saturated carbocycles. The standard InChI is InChI=1S/C58H119N2O6P/c1-6-8-10-12-14-16-18-20-22-24-25-26-27-28-29-30-31-32-33-34-36-38-40-42-44-46-48-50-52-58(62)59-56(55-66-67(63,64)65-54-53-60(3,4)5)57(61)51-49-47-45-43-41-39-37-35-23-21-19-17-15-13-11-9-7-2/h56-57,61H,6-55H2,1-5H3,(H-,59,62,63,64)/t56-,57+/m0/s1. The summed E-state index contributed by atoms with van der Waals surface area (Å²) in [6.45, 7) is 4.78. The summed E-state index contributed by atoms with van der Waals surface area (Å²) in [5.41, 5.74) is 0. The fraction of sp³-hybridized carbons (Fsp3) is 0.983. The highest BCUT2D eigenvalue weighted by Gasteiger charge is 2.24. The van der Waals surface area contributed by atoms with Gasteiger partial charge in [0.05, 0.1) is 39.9 Å². The van der Waals surface area contributed by atoms with Crippen molar-refractivity contribution >= 4 is 13.7 Å². The molecule has 0 radical (unpaired) electrons. The number of rotatable bonds is 56. The molecule has 0 aromatic rings. The van der Waals surface area contributed by atoms with Crippen LogP contribution in [0.5, 0.6) is 0 Å². The van der Waals surface area contributed by atoms with Crippen LogP contribution in [0.2, 0.25) is 0 Å². The van der Waals surface area contributed by atoms with Gasteiger partial charge in [-0.1, -0.05) is 296 Å². The first kappa shape index (κ1) is 66.5. The molecule has 0 aromatic heterocycles. The van der Waals surface area contributed by atoms with Crippen molar-refractivity contribution in [2.75, 3.05) is 40.9 Å². The van der Waals surface area contributed by atoms with Gasteiger partial charge in [0.1, 0.15) is 13.2 Å². The predicted octanol–water partition coefficient (Wildman–Crippen LogP) is 17.4. The van der Waals surface area contributed by atoms with E-state index in [1.54, 1.807) is 0 Å². The van der Waals surface area contributed by atoms with Crippen molar-refractivity contribution in [2.45, 2.75) is 328 Å². The lowest BCUT2D eigenvalue weighted by Gasteiger charge is -2.30. The molecule has 0 fully saturated rings. The Hall–Kier alpha value is -0.500. The highest BCUT2D eigenvalue weighted by atomic mass is 31.2. The lowest BCUT2D eigenvalue weighted by atomic mass is 10.0. The zero-order chi connectivity index (χ0) is 49.2. The summed E-state index contributed by atoms with van der Waals surface area (Å²) in [5, 5.41) is 14.0. The van der Waals surface area contributed by atoms with Crippen LogP contribution in [-0.2, 0) is 18.4 Å². The summed E-state index contributed by atoms with van der Waals surface area (Å²) in [7, 11) is 1.33. The Morgan fingerprint density at radius 3 is 1.01 bits per heavy atom. The molecule has 2 N–H and O–H groups in total. The van der Waals surface area contributed by atoms with Crippen molar-refractivity contribution in [1.29, 1.82) is 0 Å². The minimum atomic E-state index is -4.57. The molecule has 67 heavy (non-hydrogen) atoms. The molecule has 1 amide bonds. The minimum absolute atomic E-state index is 0.0166. The van der Waals surface area contributed by atoms with Gasteiger partial charge < -0.3 is 28.8 Å². The van der Waals surface area contributed by atoms with E-state index in [0.717, 1.165) is 38.5 Å². The number of nitrogens with one attached hydrogen (secondary N) is 1. The number of nitrogens with zero attached hydrogens (tertiary/aromatic N) is 1. The average molecular weight is 972 g/mol. The van der Waals surface area contributed by atoms with Gasteiger partial charge in [-0.15, -0.1) is 0 Å². The number of carbonyl (C=O) groups is 1. The molecule has 1 unspecified atom stereocenters. The van der Waals surface area contributed by atoms with Crippen LogP contribution in [0.15, 0.2) is 0 Å². The van der Waals surface area contributed by atoms with Crippen LogP contribution in [-0.4, -0.2) is 68.5 Å². The van der Waals surface area contributed by atoms with Gasteiger partial charge in [0.25, 0.3) is 7.82 Å². The zero-order valence-corrected chi connectivity index (χ0v) is 46.8. The number of phosphoric ester groups is 1. The SMILES string of the molecule is CCCCCCCCCCCCCCCCCCCCCCCCCCCCCCC(=O)N[C@@H](COP(=O)([O-])OCC[N+](C)(C)C)[C@H](O)CCCCCCCCCCCCCCCCCCC. The van der Waals surface area contributed by atoms with Crippen LogP contribution in [0.1, 0.15) is 316 Å². The summed E-state index contributed by atoms with van der Waals surface area (Å²) in [4.78, 5) is 25.5. The van der Waals surface area contributed by atoms with Crippen LogP contribution in [0.25, 0.3) is 0 Å². The van der Waals surface area contributed by atoms with Crippen molar-refractivity contribution in [3.8, 4) is 0 Å². The number of phosphoric acid groups is 1. The largest absolute Gasteiger partial charge is 0.756 e. The Balaban J connectivity index is 4.04. The molecule has 402 valence electrons. The van der Waals surface area contributed by atoms with Crippen LogP contribution < -0.4 is 10.2 Å². The Morgan fingerprint density at radius 2 is 0.731 bits per heavy atom. The van der Waals surface area contributed by atoms with Gasteiger partial charge in [0, 0.05) is 6.42 Å². The van der Waals surface area contributed by atoms with Crippen molar-refractivity contribution < 1.29 is 32.9 Å². The van der Waals surface area contributed by atoms with Gasteiger partial charge in [0.15, 0.2) is 0 Å². The monoisotopic (exact) mass is 971 g/mol. The number of amides is 1. The fourth-order valence-corrected chi connectivity index (χ4v) is 10.1. The number of aliphatic hydroxyl groups is 1. The average Bonchev–Trinajstić information content (AvgIpc) is 3.29. The van der Waals surface area contributed by atoms with Crippen molar-refractivity contribution in [1.82, 2.24) is 5.32 Å². The van der Waals surface area contributed by atoms with E-state index in [1.165, 1.54) is 250 Å². The van der Waals surface area contributed by atoms with E-state index in [1.807, 2.05) is 21.1 Å². The minimum Gasteiger partial charge on any atom is -0.756 e. The van der Waals surface area contributed by atoms with E-state index in [4.69, 9.17) is 9.05 Å². The Bertz CT molecular complexity index is 1060. The molecule has 9 heteroatoms. The first-order chi connectivity index (χ1) is 32.5. The Kier molecular flexibility index (Phi) is 50.1. The highest BCUT2D eigenvalue weighted by molar-refractivity contribution is 7.45. The summed E-state index contributed by atoms with van der Waals surface area (Å²) in [6, 6.07) is -0.795. The molecule has 3 atom stereocenters. The topological polar surface area (TPSA) is 108 Å². The number of carbonyl (C=O) groups excluding carboxylic acids is 1. The molecule has 0 heterocycles. The molecule has 0 rings (SSSR count). The number of hydrogen-bond donors (Lipinski definition) is 2. The molecule has 0 aliphatic rings. The Labute approximate surface area is 419 Å². The zero-order valence-electron chi connectivity index (χ0n) is 45.9. The molecule has 0 spiro atoms. The number of hydrogen-bond acceptors (Lipinski definition) is 6. The molecular weight excluding hydrogens is 852 g/mol. The quantitative estimate of drug-likeness (QED) is 0.0357. The normalized spacial score (nSPS) is 13.8. The van der Waals surface area contributed by atoms with Crippen LogP contribution in [0, 0.1) is 0 Å². The van der Waals surface area contributed by atoms with Gasteiger partial charge in [-0.05, 0) is 12.8 Å². The van der Waals surface area contributed by atoms with Crippen molar-refractivity contribution in [3.05, 3.63) is 0 Å². The second-order valence-corrected chi connectivity index (χ2v) is 23.5. The smallest absolute Gasteiger partial charge is 0.268 e. The third-order valence-electron chi connectivity index (χ3n) is 14.1. The van der Waals surface area contributed by atoms with Crippen LogP contribution >= 0.6 is 7.82 Å². The molecule has 0 aliphatic heterocycles. The van der Waals surface area contributed by atoms with E-state index in [-0.39, 0.29) is 19.1 Å². The van der Waals surface area contributed by atoms with Crippen molar-refractivity contribution in [3.63, 3.8) is 0 Å². The molecular formula is C58H119N2O6P. The lowest BCUT2D eigenvalue weighted by molar-refractivity contribution is -0.870. The predicted molar refractivity (Wildman–Crippen MR) is 289 cm³/mol. The summed E-state index contributed by atoms with van der Waals surface area (Å²) in [6.07, 6.45) is 60.0. The maximum absolute atomic E-state index is 13.0. The maximum Gasteiger partial charge on any atom is 0.268 e. The third-order valence-corrected chi connectivity index (χ3v) is 15.1. The van der Waals surface area contributed by atoms with Crippen molar-refractivity contribution in [2.24, 2.45) is 0 Å². The second kappa shape index (κ2) is 50.4. The van der Waals surface area contributed by atoms with Crippen LogP contribution in [0.3, 0.4) is 0 Å². The van der Waals surface area contributed by atoms with E-state index >= 15 is 0 Å². The third kappa shape index (κ3) is 53.1. The lowest BCUT2D eigenvalue weighted by Crippen LogP contribution is -2.46. The van der Waals surface area contributed by atoms with E-state index in [9.17, 15) is 19.4 Å². The van der Waals surface area contributed by atoms with Crippen LogP contribution in [0.4, 0.5) is 0 Å². The number of aliphatic hydroxyl groups excluding tert-OH is 1. The summed E-state index contributed by atoms with van der Waals surface area (Å²) in [5.74, 6) is -0.156. The molecule has 0 bridgehead atoms. The number of likely N-dealkylation sites (N-methyl/N-ethyl adjacent to an activating group) is 1. The first-order valence-corrected chi connectivity index (χ1v) is 31.3. The second-order valence-electron chi connectivity index (χ2n) is 22.1. The number of quaternary nitrogens is 1. The summed E-state index contributed by atoms with van der Waals surface area (Å²) < 4.78 is 23.4. The Morgan fingerprint density at radius 1 is 0.463 bits per heavy atom. The van der Waals surface area contributed by atoms with E-state index < -0.39 is 20.0 Å². The van der Waals surface area contributed by atoms with Gasteiger partial charge >= 0.3 is 0 Å². The van der Waals surface area contributed by atoms with Gasteiger partial charge in [0.2, 0.25) is 5.91 Å². The van der Waals surface area contributed by atoms with Gasteiger partial charge in [-0.3, -0.25) is 9.36 Å². The molecule has 0 saturated heterocycles. The molecule has 0 aliphatic carbocycles. The van der Waals surface area contributed by atoms with E-state index in [2.05, 4.69) is 19.2 Å².